The zero-order valence-electron chi connectivity index (χ0n) is 6.81. The molecular formula is C6H11F3O3. The van der Waals surface area contributed by atoms with Gasteiger partial charge >= 0.3 is 6.18 Å². The van der Waals surface area contributed by atoms with Crippen LogP contribution in [0.3, 0.4) is 0 Å². The van der Waals surface area contributed by atoms with Crippen molar-refractivity contribution in [3.8, 4) is 0 Å². The lowest BCUT2D eigenvalue weighted by Gasteiger charge is -2.23. The minimum Gasteiger partial charge on any atom is -0.344 e. The maximum Gasteiger partial charge on any atom is 0.412 e. The van der Waals surface area contributed by atoms with E-state index in [1.165, 1.54) is 6.92 Å². The lowest BCUT2D eigenvalue weighted by Crippen LogP contribution is -2.35. The number of ether oxygens (including phenoxy) is 2. The maximum atomic E-state index is 11.5. The van der Waals surface area contributed by atoms with Crippen molar-refractivity contribution < 1.29 is 27.8 Å². The van der Waals surface area contributed by atoms with Crippen LogP contribution in [0.15, 0.2) is 0 Å². The van der Waals surface area contributed by atoms with Crippen LogP contribution in [0.1, 0.15) is 13.8 Å². The van der Waals surface area contributed by atoms with Gasteiger partial charge in [0.2, 0.25) is 0 Å². The standard InChI is InChI=1S/C6H11F3O3/c1-3-11-5(2,10)12-4-6(7,8)9/h10H,3-4H2,1-2H3. The third-order valence-electron chi connectivity index (χ3n) is 0.916. The summed E-state index contributed by atoms with van der Waals surface area (Å²) >= 11 is 0. The van der Waals surface area contributed by atoms with Gasteiger partial charge in [-0.1, -0.05) is 0 Å². The summed E-state index contributed by atoms with van der Waals surface area (Å²) in [6.45, 7) is 1.08. The van der Waals surface area contributed by atoms with Crippen molar-refractivity contribution in [2.75, 3.05) is 13.2 Å². The number of rotatable bonds is 4. The molecule has 0 radical (unpaired) electrons. The van der Waals surface area contributed by atoms with Gasteiger partial charge in [-0.15, -0.1) is 0 Å². The fourth-order valence-corrected chi connectivity index (χ4v) is 0.525. The Balaban J connectivity index is 3.75. The van der Waals surface area contributed by atoms with Gasteiger partial charge in [-0.25, -0.2) is 0 Å². The summed E-state index contributed by atoms with van der Waals surface area (Å²) in [4.78, 5) is 0. The predicted molar refractivity (Wildman–Crippen MR) is 34.3 cm³/mol. The van der Waals surface area contributed by atoms with Crippen LogP contribution in [0.25, 0.3) is 0 Å². The molecule has 0 aliphatic heterocycles. The summed E-state index contributed by atoms with van der Waals surface area (Å²) < 4.78 is 43.1. The van der Waals surface area contributed by atoms with Gasteiger partial charge in [0.15, 0.2) is 0 Å². The van der Waals surface area contributed by atoms with E-state index >= 15 is 0 Å². The van der Waals surface area contributed by atoms with Crippen LogP contribution >= 0.6 is 0 Å². The number of aliphatic hydroxyl groups is 1. The van der Waals surface area contributed by atoms with Crippen molar-refractivity contribution in [3.63, 3.8) is 0 Å². The first-order valence-electron chi connectivity index (χ1n) is 3.34. The van der Waals surface area contributed by atoms with E-state index in [2.05, 4.69) is 9.47 Å². The second-order valence-corrected chi connectivity index (χ2v) is 2.23. The summed E-state index contributed by atoms with van der Waals surface area (Å²) in [5.41, 5.74) is 0. The molecule has 1 unspecified atom stereocenters. The van der Waals surface area contributed by atoms with E-state index in [-0.39, 0.29) is 6.61 Å². The van der Waals surface area contributed by atoms with Gasteiger partial charge in [-0.05, 0) is 6.92 Å². The molecule has 6 heteroatoms. The molecule has 1 atom stereocenters. The fourth-order valence-electron chi connectivity index (χ4n) is 0.525. The molecule has 3 nitrogen and oxygen atoms in total. The number of hydrogen-bond donors (Lipinski definition) is 1. The zero-order chi connectivity index (χ0) is 9.83. The Morgan fingerprint density at radius 2 is 1.75 bits per heavy atom. The van der Waals surface area contributed by atoms with Crippen LogP contribution in [-0.2, 0) is 9.47 Å². The molecule has 0 bridgehead atoms. The molecule has 0 saturated heterocycles. The SMILES string of the molecule is CCOC(C)(O)OCC(F)(F)F. The Kier molecular flexibility index (Phi) is 3.95. The number of hydrogen-bond acceptors (Lipinski definition) is 3. The Morgan fingerprint density at radius 1 is 1.25 bits per heavy atom. The van der Waals surface area contributed by atoms with E-state index in [1.807, 2.05) is 0 Å². The molecule has 1 N–H and O–H groups in total. The van der Waals surface area contributed by atoms with E-state index in [9.17, 15) is 13.2 Å². The highest BCUT2D eigenvalue weighted by Crippen LogP contribution is 2.18. The average molecular weight is 188 g/mol. The van der Waals surface area contributed by atoms with E-state index in [0.29, 0.717) is 0 Å². The summed E-state index contributed by atoms with van der Waals surface area (Å²) in [6, 6.07) is 0. The van der Waals surface area contributed by atoms with Gasteiger partial charge < -0.3 is 14.6 Å². The molecule has 0 saturated carbocycles. The third-order valence-corrected chi connectivity index (χ3v) is 0.916. The maximum absolute atomic E-state index is 11.5. The number of halogens is 3. The molecule has 0 amide bonds. The Morgan fingerprint density at radius 3 is 2.08 bits per heavy atom. The largest absolute Gasteiger partial charge is 0.412 e. The second-order valence-electron chi connectivity index (χ2n) is 2.23. The minimum absolute atomic E-state index is 0.0743. The molecule has 0 aromatic heterocycles. The second kappa shape index (κ2) is 4.06. The summed E-state index contributed by atoms with van der Waals surface area (Å²) in [6.07, 6.45) is -4.46. The molecule has 12 heavy (non-hydrogen) atoms. The molecule has 0 fully saturated rings. The first kappa shape index (κ1) is 11.7. The highest BCUT2D eigenvalue weighted by molar-refractivity contribution is 4.49. The van der Waals surface area contributed by atoms with Gasteiger partial charge in [0.05, 0.1) is 0 Å². The van der Waals surface area contributed by atoms with Crippen LogP contribution in [0.2, 0.25) is 0 Å². The van der Waals surface area contributed by atoms with Crippen molar-refractivity contribution in [2.24, 2.45) is 0 Å². The van der Waals surface area contributed by atoms with Crippen molar-refractivity contribution in [2.45, 2.75) is 26.0 Å². The van der Waals surface area contributed by atoms with E-state index in [4.69, 9.17) is 5.11 Å². The molecule has 0 aliphatic rings. The zero-order valence-corrected chi connectivity index (χ0v) is 6.81. The molecule has 0 rings (SSSR count). The van der Waals surface area contributed by atoms with Crippen LogP contribution in [0, 0.1) is 0 Å². The summed E-state index contributed by atoms with van der Waals surface area (Å²) in [5.74, 6) is -2.16. The Bertz CT molecular complexity index is 132. The van der Waals surface area contributed by atoms with Gasteiger partial charge in [-0.3, -0.25) is 0 Å². The monoisotopic (exact) mass is 188 g/mol. The lowest BCUT2D eigenvalue weighted by molar-refractivity contribution is -0.369. The third kappa shape index (κ3) is 6.38. The fraction of sp³-hybridized carbons (Fsp3) is 1.00. The van der Waals surface area contributed by atoms with Crippen molar-refractivity contribution in [3.05, 3.63) is 0 Å². The normalized spacial score (nSPS) is 17.5. The van der Waals surface area contributed by atoms with Crippen LogP contribution < -0.4 is 0 Å². The first-order valence-corrected chi connectivity index (χ1v) is 3.34. The summed E-state index contributed by atoms with van der Waals surface area (Å²) in [7, 11) is 0. The van der Waals surface area contributed by atoms with Crippen LogP contribution in [-0.4, -0.2) is 30.5 Å². The first-order chi connectivity index (χ1) is 5.27. The topological polar surface area (TPSA) is 38.7 Å². The molecule has 0 spiro atoms. The minimum atomic E-state index is -4.46. The molecule has 0 aromatic rings. The van der Waals surface area contributed by atoms with Crippen molar-refractivity contribution >= 4 is 0 Å². The molecule has 0 heterocycles. The lowest BCUT2D eigenvalue weighted by atomic mass is 10.6. The quantitative estimate of drug-likeness (QED) is 0.675. The van der Waals surface area contributed by atoms with E-state index in [0.717, 1.165) is 6.92 Å². The van der Waals surface area contributed by atoms with Crippen LogP contribution in [0.4, 0.5) is 13.2 Å². The Hall–Kier alpha value is -0.330. The predicted octanol–water partition coefficient (Wildman–Crippen LogP) is 1.27. The average Bonchev–Trinajstić information content (AvgIpc) is 1.83. The van der Waals surface area contributed by atoms with Gasteiger partial charge in [0, 0.05) is 13.5 Å². The van der Waals surface area contributed by atoms with E-state index in [1.54, 1.807) is 0 Å². The molecule has 0 aromatic carbocycles. The summed E-state index contributed by atoms with van der Waals surface area (Å²) in [5, 5.41) is 8.93. The molecule has 74 valence electrons. The van der Waals surface area contributed by atoms with Crippen LogP contribution in [0.5, 0.6) is 0 Å². The number of alkyl halides is 3. The van der Waals surface area contributed by atoms with E-state index < -0.39 is 18.8 Å². The van der Waals surface area contributed by atoms with Gasteiger partial charge in [-0.2, -0.15) is 13.2 Å². The van der Waals surface area contributed by atoms with Crippen molar-refractivity contribution in [1.82, 2.24) is 0 Å². The Labute approximate surface area is 68.1 Å². The molecular weight excluding hydrogens is 177 g/mol. The molecule has 0 aliphatic carbocycles. The smallest absolute Gasteiger partial charge is 0.344 e. The highest BCUT2D eigenvalue weighted by atomic mass is 19.4. The van der Waals surface area contributed by atoms with Gasteiger partial charge in [0.1, 0.15) is 6.61 Å². The van der Waals surface area contributed by atoms with Gasteiger partial charge in [0.25, 0.3) is 5.97 Å². The van der Waals surface area contributed by atoms with Crippen molar-refractivity contribution in [1.29, 1.82) is 0 Å². The highest BCUT2D eigenvalue weighted by Gasteiger charge is 2.33.